The highest BCUT2D eigenvalue weighted by Gasteiger charge is 2.48. The van der Waals surface area contributed by atoms with Crippen molar-refractivity contribution < 1.29 is 16.8 Å². The van der Waals surface area contributed by atoms with Gasteiger partial charge in [-0.15, -0.1) is 0 Å². The lowest BCUT2D eigenvalue weighted by atomic mass is 10.1. The Hall–Kier alpha value is -0.920. The van der Waals surface area contributed by atoms with E-state index < -0.39 is 31.0 Å². The fourth-order valence-corrected chi connectivity index (χ4v) is 8.32. The van der Waals surface area contributed by atoms with E-state index in [0.29, 0.717) is 0 Å². The molecule has 122 valence electrons. The van der Waals surface area contributed by atoms with Crippen molar-refractivity contribution in [2.75, 3.05) is 24.6 Å². The largest absolute Gasteiger partial charge is 0.298 e. The molecule has 2 fully saturated rings. The summed E-state index contributed by atoms with van der Waals surface area (Å²) >= 11 is 0. The van der Waals surface area contributed by atoms with E-state index in [0.717, 1.165) is 32.4 Å². The average Bonchev–Trinajstić information content (AvgIpc) is 2.86. The summed E-state index contributed by atoms with van der Waals surface area (Å²) in [5, 5.41) is -0.849. The maximum absolute atomic E-state index is 12.9. The Morgan fingerprint density at radius 1 is 0.955 bits per heavy atom. The maximum Gasteiger partial charge on any atom is 0.183 e. The second-order valence-electron chi connectivity index (χ2n) is 6.14. The lowest BCUT2D eigenvalue weighted by Crippen LogP contribution is -2.48. The number of sulfone groups is 2. The van der Waals surface area contributed by atoms with Gasteiger partial charge in [0, 0.05) is 6.04 Å². The standard InChI is InChI=1S/C15H21NO4S2/c17-21(18)11-14(16-9-5-2-6-10-16)15(12-21)22(19,20)13-7-3-1-4-8-13/h1,3-4,7-8,14-15H,2,5-6,9-12H2. The monoisotopic (exact) mass is 343 g/mol. The summed E-state index contributed by atoms with van der Waals surface area (Å²) in [7, 11) is -6.94. The van der Waals surface area contributed by atoms with Gasteiger partial charge >= 0.3 is 0 Å². The van der Waals surface area contributed by atoms with Gasteiger partial charge in [0.05, 0.1) is 21.7 Å². The highest BCUT2D eigenvalue weighted by molar-refractivity contribution is 7.96. The quantitative estimate of drug-likeness (QED) is 0.822. The summed E-state index contributed by atoms with van der Waals surface area (Å²) in [6.45, 7) is 1.59. The van der Waals surface area contributed by atoms with E-state index in [9.17, 15) is 16.8 Å². The van der Waals surface area contributed by atoms with E-state index in [1.54, 1.807) is 30.3 Å². The highest BCUT2D eigenvalue weighted by atomic mass is 32.2. The average molecular weight is 343 g/mol. The first-order valence-corrected chi connectivity index (χ1v) is 11.0. The van der Waals surface area contributed by atoms with Gasteiger partial charge in [-0.05, 0) is 38.1 Å². The molecule has 1 aromatic rings. The van der Waals surface area contributed by atoms with Crippen molar-refractivity contribution in [3.8, 4) is 0 Å². The third-order valence-electron chi connectivity index (χ3n) is 4.60. The summed E-state index contributed by atoms with van der Waals surface area (Å²) in [5.74, 6) is -0.297. The Kier molecular flexibility index (Phi) is 4.31. The minimum Gasteiger partial charge on any atom is -0.298 e. The highest BCUT2D eigenvalue weighted by Crippen LogP contribution is 2.30. The number of rotatable bonds is 3. The zero-order valence-electron chi connectivity index (χ0n) is 12.4. The maximum atomic E-state index is 12.9. The van der Waals surface area contributed by atoms with Crippen LogP contribution in [0.25, 0.3) is 0 Å². The third kappa shape index (κ3) is 3.07. The van der Waals surface area contributed by atoms with Gasteiger partial charge in [0.15, 0.2) is 19.7 Å². The first-order chi connectivity index (χ1) is 10.4. The second kappa shape index (κ2) is 5.94. The molecule has 2 heterocycles. The van der Waals surface area contributed by atoms with Crippen molar-refractivity contribution in [2.24, 2.45) is 0 Å². The van der Waals surface area contributed by atoms with E-state index in [1.165, 1.54) is 0 Å². The van der Waals surface area contributed by atoms with Gasteiger partial charge < -0.3 is 0 Å². The molecule has 5 nitrogen and oxygen atoms in total. The van der Waals surface area contributed by atoms with Crippen molar-refractivity contribution in [1.82, 2.24) is 4.90 Å². The summed E-state index contributed by atoms with van der Waals surface area (Å²) in [5.41, 5.74) is 0. The summed E-state index contributed by atoms with van der Waals surface area (Å²) in [6, 6.07) is 7.79. The third-order valence-corrected chi connectivity index (χ3v) is 8.74. The van der Waals surface area contributed by atoms with Crippen LogP contribution in [0.5, 0.6) is 0 Å². The molecule has 2 aliphatic rings. The van der Waals surface area contributed by atoms with Crippen LogP contribution < -0.4 is 0 Å². The summed E-state index contributed by atoms with van der Waals surface area (Å²) in [6.07, 6.45) is 3.15. The molecule has 0 radical (unpaired) electrons. The Balaban J connectivity index is 1.95. The lowest BCUT2D eigenvalue weighted by molar-refractivity contribution is 0.178. The van der Waals surface area contributed by atoms with Crippen molar-refractivity contribution in [1.29, 1.82) is 0 Å². The predicted octanol–water partition coefficient (Wildman–Crippen LogP) is 1.11. The van der Waals surface area contributed by atoms with E-state index >= 15 is 0 Å². The van der Waals surface area contributed by atoms with Crippen LogP contribution in [-0.2, 0) is 19.7 Å². The smallest absolute Gasteiger partial charge is 0.183 e. The van der Waals surface area contributed by atoms with E-state index in [4.69, 9.17) is 0 Å². The zero-order valence-corrected chi connectivity index (χ0v) is 14.0. The molecule has 0 amide bonds. The topological polar surface area (TPSA) is 71.5 Å². The molecule has 0 aromatic heterocycles. The second-order valence-corrected chi connectivity index (χ2v) is 10.5. The first-order valence-electron chi connectivity index (χ1n) is 7.64. The fourth-order valence-electron chi connectivity index (χ4n) is 3.47. The number of nitrogens with zero attached hydrogens (tertiary/aromatic N) is 1. The Morgan fingerprint density at radius 2 is 1.59 bits per heavy atom. The lowest BCUT2D eigenvalue weighted by Gasteiger charge is -2.34. The van der Waals surface area contributed by atoms with Gasteiger partial charge in [-0.25, -0.2) is 16.8 Å². The number of hydrogen-bond donors (Lipinski definition) is 0. The molecule has 0 bridgehead atoms. The molecule has 0 spiro atoms. The van der Waals surface area contributed by atoms with Gasteiger partial charge in [-0.3, -0.25) is 4.90 Å². The van der Waals surface area contributed by atoms with Gasteiger partial charge in [-0.2, -0.15) is 0 Å². The fraction of sp³-hybridized carbons (Fsp3) is 0.600. The van der Waals surface area contributed by atoms with Gasteiger partial charge in [0.25, 0.3) is 0 Å². The number of benzene rings is 1. The zero-order chi connectivity index (χ0) is 15.8. The molecule has 2 saturated heterocycles. The van der Waals surface area contributed by atoms with Crippen LogP contribution >= 0.6 is 0 Å². The van der Waals surface area contributed by atoms with Gasteiger partial charge in [-0.1, -0.05) is 24.6 Å². The van der Waals surface area contributed by atoms with Crippen LogP contribution in [0.4, 0.5) is 0 Å². The van der Waals surface area contributed by atoms with Crippen LogP contribution in [0.3, 0.4) is 0 Å². The minimum atomic E-state index is -3.63. The minimum absolute atomic E-state index is 0.0380. The van der Waals surface area contributed by atoms with Gasteiger partial charge in [0.2, 0.25) is 0 Å². The molecule has 0 saturated carbocycles. The summed E-state index contributed by atoms with van der Waals surface area (Å²) < 4.78 is 49.9. The van der Waals surface area contributed by atoms with Crippen LogP contribution in [-0.4, -0.2) is 57.6 Å². The van der Waals surface area contributed by atoms with Crippen molar-refractivity contribution in [3.05, 3.63) is 30.3 Å². The summed E-state index contributed by atoms with van der Waals surface area (Å²) in [4.78, 5) is 2.29. The Bertz CT molecular complexity index is 722. The molecule has 0 N–H and O–H groups in total. The number of hydrogen-bond acceptors (Lipinski definition) is 5. The van der Waals surface area contributed by atoms with E-state index in [2.05, 4.69) is 4.90 Å². The molecule has 22 heavy (non-hydrogen) atoms. The first kappa shape index (κ1) is 16.0. The van der Waals surface area contributed by atoms with Crippen LogP contribution in [0, 0.1) is 0 Å². The molecule has 3 rings (SSSR count). The molecule has 1 aromatic carbocycles. The van der Waals surface area contributed by atoms with E-state index in [-0.39, 0.29) is 16.4 Å². The number of piperidine rings is 1. The van der Waals surface area contributed by atoms with Crippen molar-refractivity contribution >= 4 is 19.7 Å². The Morgan fingerprint density at radius 3 is 2.23 bits per heavy atom. The number of likely N-dealkylation sites (tertiary alicyclic amines) is 1. The molecule has 2 atom stereocenters. The molecule has 2 unspecified atom stereocenters. The SMILES string of the molecule is O=S1(=O)CC(N2CCCCC2)C(S(=O)(=O)c2ccccc2)C1. The van der Waals surface area contributed by atoms with Crippen molar-refractivity contribution in [2.45, 2.75) is 35.4 Å². The Labute approximate surface area is 132 Å². The molecule has 2 aliphatic heterocycles. The molecular formula is C15H21NO4S2. The van der Waals surface area contributed by atoms with Crippen LogP contribution in [0.2, 0.25) is 0 Å². The van der Waals surface area contributed by atoms with E-state index in [1.807, 2.05) is 0 Å². The predicted molar refractivity (Wildman–Crippen MR) is 85.3 cm³/mol. The van der Waals surface area contributed by atoms with Gasteiger partial charge in [0.1, 0.15) is 0 Å². The molecular weight excluding hydrogens is 322 g/mol. The van der Waals surface area contributed by atoms with Crippen LogP contribution in [0.1, 0.15) is 19.3 Å². The molecule has 7 heteroatoms. The molecule has 0 aliphatic carbocycles. The van der Waals surface area contributed by atoms with Crippen LogP contribution in [0.15, 0.2) is 35.2 Å². The normalized spacial score (nSPS) is 29.5. The van der Waals surface area contributed by atoms with Crippen molar-refractivity contribution in [3.63, 3.8) is 0 Å².